The summed E-state index contributed by atoms with van der Waals surface area (Å²) in [4.78, 5) is 13.0. The van der Waals surface area contributed by atoms with E-state index in [1.807, 2.05) is 36.4 Å². The number of anilines is 2. The summed E-state index contributed by atoms with van der Waals surface area (Å²) in [5.74, 6) is 2.79. The standard InChI is InChI=1S/C18H18N4OS/c1-23-16-9-4-3-8-15(16)17-19-12-20-18(22-17)21-14-7-5-6-13(10-14)11-24-2/h3-10,12H,11H2,1-2H3,(H,19,20,21,22). The van der Waals surface area contributed by atoms with E-state index in [0.29, 0.717) is 11.8 Å². The molecule has 6 heteroatoms. The van der Waals surface area contributed by atoms with E-state index < -0.39 is 0 Å². The Morgan fingerprint density at radius 1 is 1.08 bits per heavy atom. The SMILES string of the molecule is COc1ccccc1-c1ncnc(Nc2cccc(CSC)c2)n1. The fourth-order valence-electron chi connectivity index (χ4n) is 2.35. The quantitative estimate of drug-likeness (QED) is 0.728. The summed E-state index contributed by atoms with van der Waals surface area (Å²) in [5, 5.41) is 3.24. The molecule has 0 saturated carbocycles. The van der Waals surface area contributed by atoms with E-state index in [1.54, 1.807) is 18.9 Å². The zero-order valence-corrected chi connectivity index (χ0v) is 14.4. The van der Waals surface area contributed by atoms with Gasteiger partial charge in [-0.15, -0.1) is 0 Å². The molecule has 0 aliphatic heterocycles. The predicted molar refractivity (Wildman–Crippen MR) is 98.8 cm³/mol. The van der Waals surface area contributed by atoms with Gasteiger partial charge in [-0.25, -0.2) is 9.97 Å². The smallest absolute Gasteiger partial charge is 0.230 e. The largest absolute Gasteiger partial charge is 0.496 e. The Hall–Kier alpha value is -2.60. The molecule has 122 valence electrons. The summed E-state index contributed by atoms with van der Waals surface area (Å²) in [7, 11) is 1.64. The lowest BCUT2D eigenvalue weighted by Crippen LogP contribution is -2.01. The first kappa shape index (κ1) is 16.3. The molecule has 0 aliphatic rings. The van der Waals surface area contributed by atoms with Crippen molar-refractivity contribution in [1.29, 1.82) is 0 Å². The van der Waals surface area contributed by atoms with E-state index in [2.05, 4.69) is 38.7 Å². The zero-order valence-electron chi connectivity index (χ0n) is 13.6. The van der Waals surface area contributed by atoms with Gasteiger partial charge in [0.2, 0.25) is 5.95 Å². The van der Waals surface area contributed by atoms with Crippen LogP contribution in [0.15, 0.2) is 54.9 Å². The minimum atomic E-state index is 0.507. The van der Waals surface area contributed by atoms with E-state index in [9.17, 15) is 0 Å². The van der Waals surface area contributed by atoms with Crippen molar-refractivity contribution in [1.82, 2.24) is 15.0 Å². The highest BCUT2D eigenvalue weighted by Crippen LogP contribution is 2.27. The Labute approximate surface area is 145 Å². The molecule has 0 amide bonds. The Kier molecular flexibility index (Phi) is 5.28. The van der Waals surface area contributed by atoms with E-state index in [4.69, 9.17) is 4.74 Å². The predicted octanol–water partition coefficient (Wildman–Crippen LogP) is 4.15. The van der Waals surface area contributed by atoms with Crippen LogP contribution < -0.4 is 10.1 Å². The highest BCUT2D eigenvalue weighted by atomic mass is 32.2. The molecule has 3 rings (SSSR count). The van der Waals surface area contributed by atoms with Gasteiger partial charge in [0, 0.05) is 11.4 Å². The van der Waals surface area contributed by atoms with Crippen molar-refractivity contribution in [2.45, 2.75) is 5.75 Å². The molecular formula is C18H18N4OS. The second-order valence-electron chi connectivity index (χ2n) is 5.09. The molecule has 0 saturated heterocycles. The van der Waals surface area contributed by atoms with Crippen molar-refractivity contribution in [2.24, 2.45) is 0 Å². The summed E-state index contributed by atoms with van der Waals surface area (Å²) in [6.45, 7) is 0. The molecule has 0 bridgehead atoms. The molecule has 0 unspecified atom stereocenters. The molecule has 1 N–H and O–H groups in total. The van der Waals surface area contributed by atoms with Crippen molar-refractivity contribution in [3.8, 4) is 17.1 Å². The van der Waals surface area contributed by atoms with Gasteiger partial charge in [0.25, 0.3) is 0 Å². The molecule has 1 aromatic heterocycles. The third-order valence-electron chi connectivity index (χ3n) is 3.41. The maximum absolute atomic E-state index is 5.38. The first-order valence-electron chi connectivity index (χ1n) is 7.47. The van der Waals surface area contributed by atoms with Gasteiger partial charge in [-0.05, 0) is 36.1 Å². The number of methoxy groups -OCH3 is 1. The molecule has 0 radical (unpaired) electrons. The second-order valence-corrected chi connectivity index (χ2v) is 5.96. The molecule has 1 heterocycles. The van der Waals surface area contributed by atoms with Crippen LogP contribution in [-0.4, -0.2) is 28.3 Å². The number of nitrogens with one attached hydrogen (secondary N) is 1. The van der Waals surface area contributed by atoms with Crippen LogP contribution in [0.5, 0.6) is 5.75 Å². The van der Waals surface area contributed by atoms with Crippen LogP contribution in [0.4, 0.5) is 11.6 Å². The lowest BCUT2D eigenvalue weighted by molar-refractivity contribution is 0.416. The number of hydrogen-bond acceptors (Lipinski definition) is 6. The summed E-state index contributed by atoms with van der Waals surface area (Å²) in [5.41, 5.74) is 3.05. The van der Waals surface area contributed by atoms with Crippen molar-refractivity contribution in [3.63, 3.8) is 0 Å². The number of ether oxygens (including phenoxy) is 1. The third-order valence-corrected chi connectivity index (χ3v) is 4.04. The van der Waals surface area contributed by atoms with E-state index in [-0.39, 0.29) is 0 Å². The Balaban J connectivity index is 1.87. The van der Waals surface area contributed by atoms with Crippen LogP contribution in [0.2, 0.25) is 0 Å². The maximum atomic E-state index is 5.38. The van der Waals surface area contributed by atoms with Gasteiger partial charge in [-0.3, -0.25) is 0 Å². The minimum Gasteiger partial charge on any atom is -0.496 e. The van der Waals surface area contributed by atoms with E-state index in [1.165, 1.54) is 11.9 Å². The number of thioether (sulfide) groups is 1. The van der Waals surface area contributed by atoms with Crippen LogP contribution >= 0.6 is 11.8 Å². The Morgan fingerprint density at radius 3 is 2.79 bits per heavy atom. The number of nitrogens with zero attached hydrogens (tertiary/aromatic N) is 3. The van der Waals surface area contributed by atoms with Crippen LogP contribution in [0.1, 0.15) is 5.56 Å². The molecular weight excluding hydrogens is 320 g/mol. The van der Waals surface area contributed by atoms with Gasteiger partial charge in [-0.1, -0.05) is 24.3 Å². The van der Waals surface area contributed by atoms with Gasteiger partial charge >= 0.3 is 0 Å². The van der Waals surface area contributed by atoms with Crippen molar-refractivity contribution in [3.05, 3.63) is 60.4 Å². The lowest BCUT2D eigenvalue weighted by Gasteiger charge is -2.09. The fraction of sp³-hybridized carbons (Fsp3) is 0.167. The summed E-state index contributed by atoms with van der Waals surface area (Å²) in [6.07, 6.45) is 3.59. The van der Waals surface area contributed by atoms with Gasteiger partial charge in [0.05, 0.1) is 12.7 Å². The van der Waals surface area contributed by atoms with Gasteiger partial charge < -0.3 is 10.1 Å². The molecule has 0 atom stereocenters. The molecule has 24 heavy (non-hydrogen) atoms. The zero-order chi connectivity index (χ0) is 16.8. The summed E-state index contributed by atoms with van der Waals surface area (Å²) in [6, 6.07) is 15.9. The molecule has 0 fully saturated rings. The van der Waals surface area contributed by atoms with E-state index in [0.717, 1.165) is 22.8 Å². The molecule has 2 aromatic carbocycles. The van der Waals surface area contributed by atoms with Crippen LogP contribution in [0, 0.1) is 0 Å². The Bertz CT molecular complexity index is 825. The average Bonchev–Trinajstić information content (AvgIpc) is 2.62. The first-order valence-corrected chi connectivity index (χ1v) is 8.87. The minimum absolute atomic E-state index is 0.507. The monoisotopic (exact) mass is 338 g/mol. The normalized spacial score (nSPS) is 10.4. The van der Waals surface area contributed by atoms with Crippen LogP contribution in [0.3, 0.4) is 0 Å². The van der Waals surface area contributed by atoms with Gasteiger partial charge in [0.15, 0.2) is 5.82 Å². The maximum Gasteiger partial charge on any atom is 0.230 e. The van der Waals surface area contributed by atoms with Crippen molar-refractivity contribution >= 4 is 23.4 Å². The van der Waals surface area contributed by atoms with Crippen LogP contribution in [-0.2, 0) is 5.75 Å². The molecule has 5 nitrogen and oxygen atoms in total. The fourth-order valence-corrected chi connectivity index (χ4v) is 2.86. The van der Waals surface area contributed by atoms with Gasteiger partial charge in [-0.2, -0.15) is 16.7 Å². The number of hydrogen-bond donors (Lipinski definition) is 1. The summed E-state index contributed by atoms with van der Waals surface area (Å²) >= 11 is 1.79. The van der Waals surface area contributed by atoms with Crippen LogP contribution in [0.25, 0.3) is 11.4 Å². The number of para-hydroxylation sites is 1. The molecule has 3 aromatic rings. The number of rotatable bonds is 6. The first-order chi connectivity index (χ1) is 11.8. The Morgan fingerprint density at radius 2 is 1.96 bits per heavy atom. The third kappa shape index (κ3) is 3.83. The average molecular weight is 338 g/mol. The number of benzene rings is 2. The van der Waals surface area contributed by atoms with Gasteiger partial charge in [0.1, 0.15) is 12.1 Å². The lowest BCUT2D eigenvalue weighted by atomic mass is 10.2. The highest BCUT2D eigenvalue weighted by molar-refractivity contribution is 7.97. The summed E-state index contributed by atoms with van der Waals surface area (Å²) < 4.78 is 5.38. The van der Waals surface area contributed by atoms with Crippen molar-refractivity contribution < 1.29 is 4.74 Å². The highest BCUT2D eigenvalue weighted by Gasteiger charge is 2.09. The number of aromatic nitrogens is 3. The topological polar surface area (TPSA) is 59.9 Å². The molecule has 0 aliphatic carbocycles. The second kappa shape index (κ2) is 7.79. The van der Waals surface area contributed by atoms with E-state index >= 15 is 0 Å². The van der Waals surface area contributed by atoms with Crippen molar-refractivity contribution in [2.75, 3.05) is 18.7 Å². The molecule has 0 spiro atoms.